The van der Waals surface area contributed by atoms with Gasteiger partial charge in [0.25, 0.3) is 0 Å². The van der Waals surface area contributed by atoms with Crippen LogP contribution in [0.2, 0.25) is 0 Å². The molecule has 4 nitrogen and oxygen atoms in total. The van der Waals surface area contributed by atoms with Crippen molar-refractivity contribution in [2.24, 2.45) is 7.05 Å². The topological polar surface area (TPSA) is 40.5 Å². The summed E-state index contributed by atoms with van der Waals surface area (Å²) in [5.74, 6) is 1.46. The van der Waals surface area contributed by atoms with E-state index >= 15 is 0 Å². The molecule has 0 amide bonds. The number of para-hydroxylation sites is 1. The van der Waals surface area contributed by atoms with E-state index in [1.807, 2.05) is 79.3 Å². The Hall–Kier alpha value is -3.31. The first-order valence-electron chi connectivity index (χ1n) is 10.00. The first kappa shape index (κ1) is 19.6. The molecule has 0 bridgehead atoms. The lowest BCUT2D eigenvalue weighted by Gasteiger charge is -2.09. The first-order chi connectivity index (χ1) is 15.0. The summed E-state index contributed by atoms with van der Waals surface area (Å²) in [4.78, 5) is 13.0. The molecule has 1 aliphatic heterocycles. The van der Waals surface area contributed by atoms with Crippen LogP contribution in [0.1, 0.15) is 27.0 Å². The Morgan fingerprint density at radius 3 is 2.68 bits per heavy atom. The minimum atomic E-state index is -0.0973. The number of fused-ring (bicyclic) bond motifs is 2. The molecule has 5 rings (SSSR count). The summed E-state index contributed by atoms with van der Waals surface area (Å²) in [5, 5.41) is 1.08. The Bertz CT molecular complexity index is 1350. The van der Waals surface area contributed by atoms with Crippen molar-refractivity contribution in [3.05, 3.63) is 99.3 Å². The summed E-state index contributed by atoms with van der Waals surface area (Å²) in [5.41, 5.74) is 4.57. The van der Waals surface area contributed by atoms with Crippen molar-refractivity contribution in [2.75, 3.05) is 0 Å². The highest BCUT2D eigenvalue weighted by atomic mass is 79.9. The SMILES string of the molecule is Cc1cc(OCc2ccc(Br)cc2)cc2c1C(=O)/C(=C/c1cn(C)c3ccccc13)O2. The van der Waals surface area contributed by atoms with Crippen molar-refractivity contribution in [1.82, 2.24) is 4.57 Å². The Labute approximate surface area is 188 Å². The van der Waals surface area contributed by atoms with Gasteiger partial charge in [0, 0.05) is 40.2 Å². The van der Waals surface area contributed by atoms with E-state index in [-0.39, 0.29) is 5.78 Å². The van der Waals surface area contributed by atoms with Gasteiger partial charge in [-0.3, -0.25) is 4.79 Å². The number of benzene rings is 3. The summed E-state index contributed by atoms with van der Waals surface area (Å²) in [6.07, 6.45) is 3.84. The second-order valence-corrected chi connectivity index (χ2v) is 8.60. The molecule has 0 unspecified atom stereocenters. The minimum absolute atomic E-state index is 0.0973. The molecule has 31 heavy (non-hydrogen) atoms. The average Bonchev–Trinajstić information content (AvgIpc) is 3.25. The third-order valence-corrected chi connectivity index (χ3v) is 6.01. The van der Waals surface area contributed by atoms with Crippen LogP contribution in [-0.4, -0.2) is 10.4 Å². The lowest BCUT2D eigenvalue weighted by Crippen LogP contribution is -2.00. The molecule has 0 atom stereocenters. The number of nitrogens with zero attached hydrogens (tertiary/aromatic N) is 1. The van der Waals surface area contributed by atoms with Gasteiger partial charge in [-0.15, -0.1) is 0 Å². The summed E-state index contributed by atoms with van der Waals surface area (Å²) < 4.78 is 15.0. The van der Waals surface area contributed by atoms with Crippen molar-refractivity contribution in [2.45, 2.75) is 13.5 Å². The van der Waals surface area contributed by atoms with Gasteiger partial charge in [0.1, 0.15) is 18.1 Å². The van der Waals surface area contributed by atoms with Gasteiger partial charge in [0.2, 0.25) is 5.78 Å². The molecule has 0 aliphatic carbocycles. The van der Waals surface area contributed by atoms with E-state index in [9.17, 15) is 4.79 Å². The van der Waals surface area contributed by atoms with Crippen molar-refractivity contribution in [1.29, 1.82) is 0 Å². The number of ether oxygens (including phenoxy) is 2. The van der Waals surface area contributed by atoms with E-state index in [2.05, 4.69) is 22.0 Å². The van der Waals surface area contributed by atoms with Crippen molar-refractivity contribution in [3.63, 3.8) is 0 Å². The molecular formula is C26H20BrNO3. The van der Waals surface area contributed by atoms with Gasteiger partial charge in [0.15, 0.2) is 5.76 Å². The molecule has 0 fully saturated rings. The number of hydrogen-bond donors (Lipinski definition) is 0. The zero-order valence-electron chi connectivity index (χ0n) is 17.2. The normalized spacial score (nSPS) is 14.2. The number of aryl methyl sites for hydroxylation is 2. The number of rotatable bonds is 4. The molecule has 5 heteroatoms. The van der Waals surface area contributed by atoms with Gasteiger partial charge in [-0.25, -0.2) is 0 Å². The van der Waals surface area contributed by atoms with Gasteiger partial charge in [-0.05, 0) is 48.4 Å². The predicted octanol–water partition coefficient (Wildman–Crippen LogP) is 6.44. The first-order valence-corrected chi connectivity index (χ1v) is 10.8. The summed E-state index contributed by atoms with van der Waals surface area (Å²) in [6, 6.07) is 19.8. The van der Waals surface area contributed by atoms with Crippen molar-refractivity contribution in [3.8, 4) is 11.5 Å². The van der Waals surface area contributed by atoms with Crippen LogP contribution in [0.15, 0.2) is 77.1 Å². The number of aromatic nitrogens is 1. The number of carbonyl (C=O) groups is 1. The van der Waals surface area contributed by atoms with Crippen LogP contribution in [0.3, 0.4) is 0 Å². The Balaban J connectivity index is 1.43. The van der Waals surface area contributed by atoms with Crippen LogP contribution < -0.4 is 9.47 Å². The highest BCUT2D eigenvalue weighted by molar-refractivity contribution is 9.10. The highest BCUT2D eigenvalue weighted by Gasteiger charge is 2.30. The molecule has 0 radical (unpaired) electrons. The van der Waals surface area contributed by atoms with E-state index in [1.54, 1.807) is 6.07 Å². The Kier molecular flexibility index (Phi) is 4.91. The lowest BCUT2D eigenvalue weighted by atomic mass is 10.0. The highest BCUT2D eigenvalue weighted by Crippen LogP contribution is 2.38. The second-order valence-electron chi connectivity index (χ2n) is 7.68. The molecular weight excluding hydrogens is 454 g/mol. The molecule has 0 N–H and O–H groups in total. The molecule has 3 aromatic carbocycles. The fraction of sp³-hybridized carbons (Fsp3) is 0.115. The Morgan fingerprint density at radius 1 is 1.10 bits per heavy atom. The predicted molar refractivity (Wildman–Crippen MR) is 126 cm³/mol. The van der Waals surface area contributed by atoms with Crippen molar-refractivity contribution >= 4 is 38.7 Å². The summed E-state index contributed by atoms with van der Waals surface area (Å²) >= 11 is 3.44. The van der Waals surface area contributed by atoms with Crippen LogP contribution in [0.4, 0.5) is 0 Å². The third-order valence-electron chi connectivity index (χ3n) is 5.48. The molecule has 0 saturated carbocycles. The summed E-state index contributed by atoms with van der Waals surface area (Å²) in [6.45, 7) is 2.35. The molecule has 4 aromatic rings. The lowest BCUT2D eigenvalue weighted by molar-refractivity contribution is 0.101. The van der Waals surface area contributed by atoms with Gasteiger partial charge in [-0.2, -0.15) is 0 Å². The van der Waals surface area contributed by atoms with Crippen LogP contribution in [0.5, 0.6) is 11.5 Å². The van der Waals surface area contributed by atoms with E-state index in [0.29, 0.717) is 29.4 Å². The smallest absolute Gasteiger partial charge is 0.232 e. The van der Waals surface area contributed by atoms with E-state index in [0.717, 1.165) is 32.1 Å². The van der Waals surface area contributed by atoms with Gasteiger partial charge >= 0.3 is 0 Å². The fourth-order valence-corrected chi connectivity index (χ4v) is 4.20. The second kappa shape index (κ2) is 7.75. The summed E-state index contributed by atoms with van der Waals surface area (Å²) in [7, 11) is 2.00. The minimum Gasteiger partial charge on any atom is -0.489 e. The van der Waals surface area contributed by atoms with E-state index in [4.69, 9.17) is 9.47 Å². The van der Waals surface area contributed by atoms with Gasteiger partial charge < -0.3 is 14.0 Å². The van der Waals surface area contributed by atoms with Gasteiger partial charge in [-0.1, -0.05) is 46.3 Å². The number of hydrogen-bond acceptors (Lipinski definition) is 3. The fourth-order valence-electron chi connectivity index (χ4n) is 3.94. The molecule has 154 valence electrons. The van der Waals surface area contributed by atoms with E-state index < -0.39 is 0 Å². The molecule has 2 heterocycles. The Morgan fingerprint density at radius 2 is 1.87 bits per heavy atom. The maximum absolute atomic E-state index is 13.0. The molecule has 1 aromatic heterocycles. The monoisotopic (exact) mass is 473 g/mol. The van der Waals surface area contributed by atoms with E-state index in [1.165, 1.54) is 0 Å². The third kappa shape index (κ3) is 3.66. The average molecular weight is 474 g/mol. The standard InChI is InChI=1S/C26H20BrNO3/c1-16-11-20(30-15-17-7-9-19(27)10-8-17)13-23-25(16)26(29)24(31-23)12-18-14-28(2)22-6-4-3-5-21(18)22/h3-14H,15H2,1-2H3/b24-12-. The van der Waals surface area contributed by atoms with Crippen LogP contribution in [0, 0.1) is 6.92 Å². The van der Waals surface area contributed by atoms with Gasteiger partial charge in [0.05, 0.1) is 5.56 Å². The van der Waals surface area contributed by atoms with Crippen LogP contribution >= 0.6 is 15.9 Å². The zero-order valence-corrected chi connectivity index (χ0v) is 18.8. The van der Waals surface area contributed by atoms with Crippen LogP contribution in [-0.2, 0) is 13.7 Å². The zero-order chi connectivity index (χ0) is 21.5. The maximum atomic E-state index is 13.0. The molecule has 0 spiro atoms. The van der Waals surface area contributed by atoms with Crippen LogP contribution in [0.25, 0.3) is 17.0 Å². The maximum Gasteiger partial charge on any atom is 0.232 e. The molecule has 1 aliphatic rings. The quantitative estimate of drug-likeness (QED) is 0.320. The number of Topliss-reactive ketones (excluding diaryl/α,β-unsaturated/α-hetero) is 1. The van der Waals surface area contributed by atoms with Crippen molar-refractivity contribution < 1.29 is 14.3 Å². The molecule has 0 saturated heterocycles. The number of ketones is 1. The largest absolute Gasteiger partial charge is 0.489 e. The number of halogens is 1. The number of carbonyl (C=O) groups excluding carboxylic acids is 1. The number of allylic oxidation sites excluding steroid dienone is 1.